The monoisotopic (exact) mass is 283 g/mol. The lowest BCUT2D eigenvalue weighted by Crippen LogP contribution is -2.35. The van der Waals surface area contributed by atoms with E-state index in [-0.39, 0.29) is 0 Å². The Labute approximate surface area is 115 Å². The lowest BCUT2D eigenvalue weighted by Gasteiger charge is -2.26. The van der Waals surface area contributed by atoms with E-state index in [1.54, 1.807) is 24.3 Å². The number of alkyl halides is 3. The van der Waals surface area contributed by atoms with Crippen molar-refractivity contribution < 1.29 is 13.2 Å². The average molecular weight is 283 g/mol. The Bertz CT molecular complexity index is 596. The first-order valence-electron chi connectivity index (χ1n) is 6.36. The van der Waals surface area contributed by atoms with Gasteiger partial charge in [-0.3, -0.25) is 4.98 Å². The van der Waals surface area contributed by atoms with Gasteiger partial charge < -0.3 is 10.6 Å². The van der Waals surface area contributed by atoms with Crippen molar-refractivity contribution in [1.29, 1.82) is 0 Å². The number of nitrogens with zero attached hydrogens (tertiary/aromatic N) is 2. The van der Waals surface area contributed by atoms with Crippen LogP contribution in [0.4, 0.5) is 24.5 Å². The Hall–Kier alpha value is -1.98. The maximum Gasteiger partial charge on any atom is 0.405 e. The van der Waals surface area contributed by atoms with Gasteiger partial charge in [0.25, 0.3) is 0 Å². The summed E-state index contributed by atoms with van der Waals surface area (Å²) in [6.45, 7) is 1.22. The van der Waals surface area contributed by atoms with Crippen LogP contribution in [0.2, 0.25) is 0 Å². The molecule has 0 amide bonds. The van der Waals surface area contributed by atoms with E-state index < -0.39 is 12.7 Å². The van der Waals surface area contributed by atoms with Crippen LogP contribution in [0.25, 0.3) is 10.9 Å². The van der Waals surface area contributed by atoms with Gasteiger partial charge in [-0.2, -0.15) is 13.2 Å². The van der Waals surface area contributed by atoms with Gasteiger partial charge in [0, 0.05) is 29.5 Å². The van der Waals surface area contributed by atoms with Gasteiger partial charge in [-0.25, -0.2) is 0 Å². The second-order valence-corrected chi connectivity index (χ2v) is 4.64. The number of halogens is 3. The molecule has 2 N–H and O–H groups in total. The molecule has 20 heavy (non-hydrogen) atoms. The molecule has 0 bridgehead atoms. The lowest BCUT2D eigenvalue weighted by molar-refractivity contribution is -0.119. The molecule has 0 aliphatic heterocycles. The number of hydrogen-bond donors (Lipinski definition) is 1. The fourth-order valence-electron chi connectivity index (χ4n) is 2.20. The number of hydrogen-bond acceptors (Lipinski definition) is 3. The summed E-state index contributed by atoms with van der Waals surface area (Å²) in [5, 5.41) is 0.680. The number of fused-ring (bicyclic) bond motifs is 1. The summed E-state index contributed by atoms with van der Waals surface area (Å²) < 4.78 is 38.1. The third-order valence-corrected chi connectivity index (χ3v) is 2.95. The maximum atomic E-state index is 12.7. The second kappa shape index (κ2) is 5.56. The third kappa shape index (κ3) is 3.31. The highest BCUT2D eigenvalue weighted by molar-refractivity contribution is 5.93. The third-order valence-electron chi connectivity index (χ3n) is 2.95. The summed E-state index contributed by atoms with van der Waals surface area (Å²) in [7, 11) is 0. The number of benzene rings is 1. The summed E-state index contributed by atoms with van der Waals surface area (Å²) in [5.41, 5.74) is 7.36. The molecule has 3 nitrogen and oxygen atoms in total. The minimum absolute atomic E-state index is 0.336. The highest BCUT2D eigenvalue weighted by Gasteiger charge is 2.31. The summed E-state index contributed by atoms with van der Waals surface area (Å²) >= 11 is 0. The predicted molar refractivity (Wildman–Crippen MR) is 74.7 cm³/mol. The molecule has 108 valence electrons. The van der Waals surface area contributed by atoms with Crippen molar-refractivity contribution in [3.05, 3.63) is 30.5 Å². The molecule has 1 aromatic heterocycles. The van der Waals surface area contributed by atoms with Crippen molar-refractivity contribution in [1.82, 2.24) is 4.98 Å². The molecule has 0 atom stereocenters. The van der Waals surface area contributed by atoms with Crippen molar-refractivity contribution in [2.75, 3.05) is 23.7 Å². The van der Waals surface area contributed by atoms with E-state index >= 15 is 0 Å². The standard InChI is InChI=1S/C14H16F3N3/c1-2-7-20(9-14(15,16)17)13-5-6-19-12-8-10(18)3-4-11(12)13/h3-6,8H,2,7,9,18H2,1H3. The fraction of sp³-hybridized carbons (Fsp3) is 0.357. The van der Waals surface area contributed by atoms with E-state index in [1.165, 1.54) is 11.1 Å². The van der Waals surface area contributed by atoms with E-state index in [0.717, 1.165) is 0 Å². The second-order valence-electron chi connectivity index (χ2n) is 4.64. The Balaban J connectivity index is 2.47. The molecule has 6 heteroatoms. The smallest absolute Gasteiger partial charge is 0.399 e. The molecular weight excluding hydrogens is 267 g/mol. The van der Waals surface area contributed by atoms with Crippen LogP contribution in [0, 0.1) is 0 Å². The molecule has 0 unspecified atom stereocenters. The van der Waals surface area contributed by atoms with Gasteiger partial charge in [0.05, 0.1) is 5.52 Å². The summed E-state index contributed by atoms with van der Waals surface area (Å²) in [4.78, 5) is 5.49. The van der Waals surface area contributed by atoms with Crippen LogP contribution in [0.1, 0.15) is 13.3 Å². The molecule has 0 radical (unpaired) electrons. The predicted octanol–water partition coefficient (Wildman–Crippen LogP) is 3.60. The molecule has 2 aromatic rings. The summed E-state index contributed by atoms with van der Waals surface area (Å²) in [5.74, 6) is 0. The molecule has 0 saturated heterocycles. The van der Waals surface area contributed by atoms with Crippen LogP contribution in [0.5, 0.6) is 0 Å². The van der Waals surface area contributed by atoms with E-state index in [1.807, 2.05) is 6.92 Å². The van der Waals surface area contributed by atoms with Crippen molar-refractivity contribution >= 4 is 22.3 Å². The number of aromatic nitrogens is 1. The first-order chi connectivity index (χ1) is 9.40. The van der Waals surface area contributed by atoms with E-state index in [2.05, 4.69) is 4.98 Å². The fourth-order valence-corrected chi connectivity index (χ4v) is 2.20. The Morgan fingerprint density at radius 3 is 2.65 bits per heavy atom. The lowest BCUT2D eigenvalue weighted by atomic mass is 10.1. The number of anilines is 2. The highest BCUT2D eigenvalue weighted by Crippen LogP contribution is 2.29. The van der Waals surface area contributed by atoms with Gasteiger partial charge >= 0.3 is 6.18 Å². The number of rotatable bonds is 4. The van der Waals surface area contributed by atoms with Crippen molar-refractivity contribution in [2.45, 2.75) is 19.5 Å². The summed E-state index contributed by atoms with van der Waals surface area (Å²) in [6, 6.07) is 6.66. The minimum atomic E-state index is -4.24. The zero-order valence-corrected chi connectivity index (χ0v) is 11.1. The molecule has 0 saturated carbocycles. The maximum absolute atomic E-state index is 12.7. The van der Waals surface area contributed by atoms with E-state index in [0.29, 0.717) is 35.2 Å². The van der Waals surface area contributed by atoms with Gasteiger partial charge in [0.2, 0.25) is 0 Å². The van der Waals surface area contributed by atoms with Crippen molar-refractivity contribution in [2.24, 2.45) is 0 Å². The molecule has 0 aliphatic carbocycles. The topological polar surface area (TPSA) is 42.2 Å². The quantitative estimate of drug-likeness (QED) is 0.872. The van der Waals surface area contributed by atoms with Gasteiger partial charge in [-0.15, -0.1) is 0 Å². The first-order valence-corrected chi connectivity index (χ1v) is 6.36. The zero-order valence-electron chi connectivity index (χ0n) is 11.1. The minimum Gasteiger partial charge on any atom is -0.399 e. The van der Waals surface area contributed by atoms with Crippen LogP contribution in [-0.2, 0) is 0 Å². The molecule has 1 aromatic carbocycles. The normalized spacial score (nSPS) is 11.8. The van der Waals surface area contributed by atoms with Crippen LogP contribution in [-0.4, -0.2) is 24.2 Å². The molecule has 0 fully saturated rings. The molecule has 2 rings (SSSR count). The Kier molecular flexibility index (Phi) is 4.01. The molecule has 0 spiro atoms. The summed E-state index contributed by atoms with van der Waals surface area (Å²) in [6.07, 6.45) is -2.09. The largest absolute Gasteiger partial charge is 0.405 e. The molecule has 1 heterocycles. The van der Waals surface area contributed by atoms with Gasteiger partial charge in [0.15, 0.2) is 0 Å². The van der Waals surface area contributed by atoms with Crippen LogP contribution < -0.4 is 10.6 Å². The van der Waals surface area contributed by atoms with Gasteiger partial charge in [-0.05, 0) is 30.7 Å². The SMILES string of the molecule is CCCN(CC(F)(F)F)c1ccnc2cc(N)ccc12. The van der Waals surface area contributed by atoms with Crippen LogP contribution in [0.15, 0.2) is 30.5 Å². The first kappa shape index (κ1) is 14.4. The van der Waals surface area contributed by atoms with Crippen molar-refractivity contribution in [3.8, 4) is 0 Å². The molecular formula is C14H16F3N3. The van der Waals surface area contributed by atoms with Crippen LogP contribution in [0.3, 0.4) is 0 Å². The zero-order chi connectivity index (χ0) is 14.8. The van der Waals surface area contributed by atoms with Gasteiger partial charge in [0.1, 0.15) is 6.54 Å². The van der Waals surface area contributed by atoms with Gasteiger partial charge in [-0.1, -0.05) is 6.92 Å². The van der Waals surface area contributed by atoms with E-state index in [4.69, 9.17) is 5.73 Å². The van der Waals surface area contributed by atoms with Crippen molar-refractivity contribution in [3.63, 3.8) is 0 Å². The average Bonchev–Trinajstić information content (AvgIpc) is 2.35. The Morgan fingerprint density at radius 1 is 1.25 bits per heavy atom. The van der Waals surface area contributed by atoms with E-state index in [9.17, 15) is 13.2 Å². The number of pyridine rings is 1. The molecule has 0 aliphatic rings. The number of nitrogens with two attached hydrogens (primary N) is 1. The highest BCUT2D eigenvalue weighted by atomic mass is 19.4. The van der Waals surface area contributed by atoms with Crippen LogP contribution >= 0.6 is 0 Å². The number of nitrogen functional groups attached to an aromatic ring is 1. The Morgan fingerprint density at radius 2 is 2.00 bits per heavy atom.